The van der Waals surface area contributed by atoms with E-state index in [1.807, 2.05) is 0 Å². The molecule has 0 bridgehead atoms. The minimum absolute atomic E-state index is 0.156. The fourth-order valence-electron chi connectivity index (χ4n) is 1.39. The number of rotatable bonds is 4. The highest BCUT2D eigenvalue weighted by molar-refractivity contribution is 5.99. The Hall–Kier alpha value is -1.76. The third kappa shape index (κ3) is 3.41. The summed E-state index contributed by atoms with van der Waals surface area (Å²) in [4.78, 5) is 11.7. The lowest BCUT2D eigenvalue weighted by Crippen LogP contribution is -2.59. The Labute approximate surface area is 115 Å². The van der Waals surface area contributed by atoms with E-state index in [2.05, 4.69) is 5.32 Å². The molecule has 7 heteroatoms. The molecule has 0 saturated carbocycles. The maximum Gasteiger partial charge on any atom is 0.415 e. The van der Waals surface area contributed by atoms with Crippen molar-refractivity contribution in [3.05, 3.63) is 23.8 Å². The molecule has 4 nitrogen and oxygen atoms in total. The van der Waals surface area contributed by atoms with Crippen molar-refractivity contribution in [2.75, 3.05) is 11.9 Å². The van der Waals surface area contributed by atoms with E-state index in [-0.39, 0.29) is 5.69 Å². The minimum Gasteiger partial charge on any atom is -0.492 e. The van der Waals surface area contributed by atoms with Gasteiger partial charge in [-0.1, -0.05) is 6.07 Å². The maximum atomic E-state index is 12.7. The van der Waals surface area contributed by atoms with Gasteiger partial charge in [-0.2, -0.15) is 13.2 Å². The van der Waals surface area contributed by atoms with Crippen LogP contribution in [-0.2, 0) is 4.79 Å². The van der Waals surface area contributed by atoms with Crippen LogP contribution in [0.4, 0.5) is 18.9 Å². The summed E-state index contributed by atoms with van der Waals surface area (Å²) in [6, 6.07) is 4.75. The lowest BCUT2D eigenvalue weighted by Gasteiger charge is -2.26. The number of ether oxygens (including phenoxy) is 1. The molecule has 0 spiro atoms. The number of carbonyl (C=O) groups is 1. The number of hydrogen-bond acceptors (Lipinski definition) is 3. The normalized spacial score (nSPS) is 14.6. The van der Waals surface area contributed by atoms with Gasteiger partial charge < -0.3 is 15.8 Å². The van der Waals surface area contributed by atoms with E-state index in [1.54, 1.807) is 26.0 Å². The highest BCUT2D eigenvalue weighted by Crippen LogP contribution is 2.31. The number of benzene rings is 1. The molecule has 0 aromatic heterocycles. The van der Waals surface area contributed by atoms with Crippen LogP contribution in [-0.4, -0.2) is 24.2 Å². The monoisotopic (exact) mass is 290 g/mol. The predicted molar refractivity (Wildman–Crippen MR) is 69.6 cm³/mol. The SMILES string of the molecule is CCOc1cc(C)ccc1NC(=O)C(C)(N)C(F)(F)F. The van der Waals surface area contributed by atoms with Crippen molar-refractivity contribution in [1.29, 1.82) is 0 Å². The third-order valence-electron chi connectivity index (χ3n) is 2.75. The largest absolute Gasteiger partial charge is 0.492 e. The number of nitrogens with two attached hydrogens (primary N) is 1. The molecule has 1 aromatic carbocycles. The molecule has 0 heterocycles. The summed E-state index contributed by atoms with van der Waals surface area (Å²) in [5, 5.41) is 2.16. The Kier molecular flexibility index (Phi) is 4.65. The Morgan fingerprint density at radius 2 is 2.00 bits per heavy atom. The molecular weight excluding hydrogens is 273 g/mol. The second kappa shape index (κ2) is 5.70. The van der Waals surface area contributed by atoms with E-state index in [9.17, 15) is 18.0 Å². The van der Waals surface area contributed by atoms with Gasteiger partial charge in [0.25, 0.3) is 5.91 Å². The van der Waals surface area contributed by atoms with Crippen molar-refractivity contribution in [2.24, 2.45) is 5.73 Å². The van der Waals surface area contributed by atoms with Crippen LogP contribution in [0.15, 0.2) is 18.2 Å². The highest BCUT2D eigenvalue weighted by atomic mass is 19.4. The fourth-order valence-corrected chi connectivity index (χ4v) is 1.39. The first-order chi connectivity index (χ1) is 9.09. The molecule has 0 fully saturated rings. The molecule has 0 aliphatic carbocycles. The standard InChI is InChI=1S/C13H17F3N2O2/c1-4-20-10-7-8(2)5-6-9(10)18-11(19)12(3,17)13(14,15)16/h5-7H,4,17H2,1-3H3,(H,18,19). The van der Waals surface area contributed by atoms with Crippen LogP contribution >= 0.6 is 0 Å². The van der Waals surface area contributed by atoms with Crippen LogP contribution in [0.5, 0.6) is 5.75 Å². The average molecular weight is 290 g/mol. The van der Waals surface area contributed by atoms with Gasteiger partial charge in [0.15, 0.2) is 5.54 Å². The second-order valence-corrected chi connectivity index (χ2v) is 4.59. The Morgan fingerprint density at radius 3 is 2.50 bits per heavy atom. The van der Waals surface area contributed by atoms with E-state index in [0.717, 1.165) is 5.56 Å². The summed E-state index contributed by atoms with van der Waals surface area (Å²) in [6.07, 6.45) is -4.84. The first-order valence-corrected chi connectivity index (χ1v) is 6.00. The van der Waals surface area contributed by atoms with E-state index >= 15 is 0 Å². The van der Waals surface area contributed by atoms with Gasteiger partial charge in [0.2, 0.25) is 0 Å². The summed E-state index contributed by atoms with van der Waals surface area (Å²) < 4.78 is 43.3. The lowest BCUT2D eigenvalue weighted by molar-refractivity contribution is -0.184. The molecule has 20 heavy (non-hydrogen) atoms. The van der Waals surface area contributed by atoms with Crippen LogP contribution in [0, 0.1) is 6.92 Å². The molecule has 1 unspecified atom stereocenters. The van der Waals surface area contributed by atoms with Crippen molar-refractivity contribution in [1.82, 2.24) is 0 Å². The molecule has 1 rings (SSSR count). The number of anilines is 1. The number of carbonyl (C=O) groups excluding carboxylic acids is 1. The van der Waals surface area contributed by atoms with E-state index in [4.69, 9.17) is 10.5 Å². The summed E-state index contributed by atoms with van der Waals surface area (Å²) >= 11 is 0. The first-order valence-electron chi connectivity index (χ1n) is 6.00. The summed E-state index contributed by atoms with van der Waals surface area (Å²) in [6.45, 7) is 4.48. The fraction of sp³-hybridized carbons (Fsp3) is 0.462. The highest BCUT2D eigenvalue weighted by Gasteiger charge is 2.54. The smallest absolute Gasteiger partial charge is 0.415 e. The zero-order valence-electron chi connectivity index (χ0n) is 11.5. The first kappa shape index (κ1) is 16.3. The summed E-state index contributed by atoms with van der Waals surface area (Å²) in [5.74, 6) is -1.03. The van der Waals surface area contributed by atoms with Crippen molar-refractivity contribution >= 4 is 11.6 Å². The molecular formula is C13H17F3N2O2. The van der Waals surface area contributed by atoms with Crippen LogP contribution in [0.25, 0.3) is 0 Å². The van der Waals surface area contributed by atoms with Gasteiger partial charge in [0.05, 0.1) is 12.3 Å². The number of nitrogens with one attached hydrogen (secondary N) is 1. The van der Waals surface area contributed by atoms with Gasteiger partial charge in [0.1, 0.15) is 5.75 Å². The lowest BCUT2D eigenvalue weighted by atomic mass is 10.0. The van der Waals surface area contributed by atoms with Crippen molar-refractivity contribution in [3.63, 3.8) is 0 Å². The van der Waals surface area contributed by atoms with E-state index in [0.29, 0.717) is 19.3 Å². The van der Waals surface area contributed by atoms with Crippen molar-refractivity contribution in [3.8, 4) is 5.75 Å². The number of halogens is 3. The Morgan fingerprint density at radius 1 is 1.40 bits per heavy atom. The third-order valence-corrected chi connectivity index (χ3v) is 2.75. The zero-order valence-corrected chi connectivity index (χ0v) is 11.5. The average Bonchev–Trinajstić information content (AvgIpc) is 2.31. The number of aryl methyl sites for hydroxylation is 1. The van der Waals surface area contributed by atoms with Crippen LogP contribution in [0.2, 0.25) is 0 Å². The van der Waals surface area contributed by atoms with Gasteiger partial charge in [-0.25, -0.2) is 0 Å². The molecule has 1 amide bonds. The van der Waals surface area contributed by atoms with Crippen LogP contribution < -0.4 is 15.8 Å². The molecule has 0 aliphatic rings. The van der Waals surface area contributed by atoms with Crippen LogP contribution in [0.3, 0.4) is 0 Å². The van der Waals surface area contributed by atoms with Gasteiger partial charge >= 0.3 is 6.18 Å². The molecule has 1 aromatic rings. The Bertz CT molecular complexity index is 499. The van der Waals surface area contributed by atoms with Gasteiger partial charge in [0, 0.05) is 0 Å². The van der Waals surface area contributed by atoms with Crippen LogP contribution in [0.1, 0.15) is 19.4 Å². The van der Waals surface area contributed by atoms with Gasteiger partial charge in [-0.05, 0) is 38.5 Å². The quantitative estimate of drug-likeness (QED) is 0.896. The number of alkyl halides is 3. The van der Waals surface area contributed by atoms with Gasteiger partial charge in [-0.15, -0.1) is 0 Å². The van der Waals surface area contributed by atoms with E-state index in [1.165, 1.54) is 6.07 Å². The summed E-state index contributed by atoms with van der Waals surface area (Å²) in [7, 11) is 0. The van der Waals surface area contributed by atoms with Gasteiger partial charge in [-0.3, -0.25) is 4.79 Å². The molecule has 0 radical (unpaired) electrons. The zero-order chi connectivity index (χ0) is 15.6. The van der Waals surface area contributed by atoms with E-state index < -0.39 is 17.6 Å². The molecule has 1 atom stereocenters. The van der Waals surface area contributed by atoms with Crippen molar-refractivity contribution < 1.29 is 22.7 Å². The summed E-state index contributed by atoms with van der Waals surface area (Å²) in [5.41, 5.74) is 3.11. The molecule has 0 aliphatic heterocycles. The molecule has 3 N–H and O–H groups in total. The molecule has 0 saturated heterocycles. The maximum absolute atomic E-state index is 12.7. The predicted octanol–water partition coefficient (Wildman–Crippen LogP) is 2.61. The minimum atomic E-state index is -4.84. The molecule has 112 valence electrons. The number of amides is 1. The Balaban J connectivity index is 3.02. The topological polar surface area (TPSA) is 64.3 Å². The second-order valence-electron chi connectivity index (χ2n) is 4.59. The number of hydrogen-bond donors (Lipinski definition) is 2. The van der Waals surface area contributed by atoms with Crippen molar-refractivity contribution in [2.45, 2.75) is 32.5 Å².